The van der Waals surface area contributed by atoms with Crippen LogP contribution in [0, 0.1) is 13.8 Å². The second-order valence-electron chi connectivity index (χ2n) is 4.13. The van der Waals surface area contributed by atoms with Gasteiger partial charge in [-0.25, -0.2) is 0 Å². The molecule has 0 saturated carbocycles. The molecule has 1 N–H and O–H groups in total. The van der Waals surface area contributed by atoms with Crippen LogP contribution in [0.5, 0.6) is 0 Å². The Morgan fingerprint density at radius 2 is 1.76 bits per heavy atom. The highest BCUT2D eigenvalue weighted by Gasteiger charge is 2.07. The Kier molecular flexibility index (Phi) is 1.98. The summed E-state index contributed by atoms with van der Waals surface area (Å²) in [6.07, 6.45) is 1.72. The Bertz CT molecular complexity index is 780. The predicted molar refractivity (Wildman–Crippen MR) is 62.8 cm³/mol. The van der Waals surface area contributed by atoms with Crippen LogP contribution in [-0.2, 0) is 0 Å². The van der Waals surface area contributed by atoms with Crippen molar-refractivity contribution in [2.45, 2.75) is 13.8 Å². The molecule has 0 fully saturated rings. The van der Waals surface area contributed by atoms with E-state index in [1.165, 1.54) is 0 Å². The van der Waals surface area contributed by atoms with E-state index < -0.39 is 0 Å². The number of nitrogens with zero attached hydrogens (tertiary/aromatic N) is 1. The molecule has 0 bridgehead atoms. The summed E-state index contributed by atoms with van der Waals surface area (Å²) in [6.45, 7) is 3.95. The van der Waals surface area contributed by atoms with Gasteiger partial charge in [0.25, 0.3) is 5.55 Å². The zero-order valence-corrected chi connectivity index (χ0v) is 9.52. The van der Waals surface area contributed by atoms with E-state index in [0.29, 0.717) is 5.58 Å². The molecule has 0 saturated heterocycles. The van der Waals surface area contributed by atoms with Gasteiger partial charge < -0.3 is 14.0 Å². The molecule has 0 spiro atoms. The van der Waals surface area contributed by atoms with Gasteiger partial charge in [-0.15, -0.1) is 0 Å². The molecule has 3 aromatic rings. The van der Waals surface area contributed by atoms with E-state index in [-0.39, 0.29) is 5.55 Å². The summed E-state index contributed by atoms with van der Waals surface area (Å²) in [6, 6.07) is 5.55. The lowest BCUT2D eigenvalue weighted by Crippen LogP contribution is -2.00. The van der Waals surface area contributed by atoms with Gasteiger partial charge in [0.05, 0.1) is 6.26 Å². The van der Waals surface area contributed by atoms with Crippen LogP contribution < -0.4 is 5.55 Å². The van der Waals surface area contributed by atoms with Gasteiger partial charge in [-0.1, -0.05) is 0 Å². The van der Waals surface area contributed by atoms with Gasteiger partial charge in [0.2, 0.25) is 0 Å². The molecular weight excluding hydrogens is 218 g/mol. The molecule has 0 amide bonds. The first-order valence-electron chi connectivity index (χ1n) is 5.29. The summed E-state index contributed by atoms with van der Waals surface area (Å²) in [4.78, 5) is 0. The number of furan rings is 1. The third-order valence-electron chi connectivity index (χ3n) is 2.95. The molecule has 4 nitrogen and oxygen atoms in total. The van der Waals surface area contributed by atoms with Crippen molar-refractivity contribution in [2.24, 2.45) is 5.16 Å². The van der Waals surface area contributed by atoms with Crippen molar-refractivity contribution in [3.05, 3.63) is 41.1 Å². The van der Waals surface area contributed by atoms with Crippen LogP contribution in [0.25, 0.3) is 21.9 Å². The maximum Gasteiger partial charge on any atom is 0.255 e. The zero-order chi connectivity index (χ0) is 12.0. The van der Waals surface area contributed by atoms with Crippen LogP contribution in [0.3, 0.4) is 0 Å². The molecule has 0 aliphatic heterocycles. The molecule has 0 aliphatic rings. The number of benzene rings is 1. The van der Waals surface area contributed by atoms with Gasteiger partial charge in [0.15, 0.2) is 0 Å². The third-order valence-corrected chi connectivity index (χ3v) is 2.95. The maximum atomic E-state index is 8.75. The first-order valence-corrected chi connectivity index (χ1v) is 5.29. The minimum atomic E-state index is 0.192. The minimum absolute atomic E-state index is 0.192. The van der Waals surface area contributed by atoms with E-state index >= 15 is 0 Å². The molecule has 0 atom stereocenters. The van der Waals surface area contributed by atoms with Crippen LogP contribution in [0.4, 0.5) is 0 Å². The minimum Gasteiger partial charge on any atom is -0.464 e. The smallest absolute Gasteiger partial charge is 0.255 e. The number of fused-ring (bicyclic) bond motifs is 2. The molecule has 3 rings (SSSR count). The lowest BCUT2D eigenvalue weighted by Gasteiger charge is -2.01. The van der Waals surface area contributed by atoms with Crippen LogP contribution in [-0.4, -0.2) is 5.21 Å². The first kappa shape index (κ1) is 9.96. The van der Waals surface area contributed by atoms with E-state index in [1.807, 2.05) is 26.0 Å². The summed E-state index contributed by atoms with van der Waals surface area (Å²) < 4.78 is 10.8. The summed E-state index contributed by atoms with van der Waals surface area (Å²) in [7, 11) is 0. The Morgan fingerprint density at radius 3 is 2.53 bits per heavy atom. The van der Waals surface area contributed by atoms with E-state index in [9.17, 15) is 0 Å². The molecule has 0 aliphatic carbocycles. The van der Waals surface area contributed by atoms with Crippen molar-refractivity contribution < 1.29 is 14.0 Å². The number of aryl methyl sites for hydroxylation is 2. The van der Waals surface area contributed by atoms with E-state index in [2.05, 4.69) is 5.16 Å². The largest absolute Gasteiger partial charge is 0.464 e. The van der Waals surface area contributed by atoms with Crippen LogP contribution in [0.1, 0.15) is 11.1 Å². The van der Waals surface area contributed by atoms with Gasteiger partial charge >= 0.3 is 0 Å². The third kappa shape index (κ3) is 1.41. The molecule has 0 radical (unpaired) electrons. The molecule has 4 heteroatoms. The van der Waals surface area contributed by atoms with Crippen molar-refractivity contribution in [3.8, 4) is 0 Å². The second kappa shape index (κ2) is 3.38. The molecule has 17 heavy (non-hydrogen) atoms. The quantitative estimate of drug-likeness (QED) is 0.476. The summed E-state index contributed by atoms with van der Waals surface area (Å²) in [5.41, 5.74) is 3.71. The topological polar surface area (TPSA) is 58.9 Å². The monoisotopic (exact) mass is 229 g/mol. The lowest BCUT2D eigenvalue weighted by atomic mass is 10.1. The fourth-order valence-electron chi connectivity index (χ4n) is 2.03. The second-order valence-corrected chi connectivity index (χ2v) is 4.13. The van der Waals surface area contributed by atoms with Crippen molar-refractivity contribution in [2.75, 3.05) is 0 Å². The van der Waals surface area contributed by atoms with Crippen LogP contribution in [0.15, 0.2) is 38.5 Å². The fraction of sp³-hybridized carbons (Fsp3) is 0.154. The molecule has 2 aromatic heterocycles. The average molecular weight is 229 g/mol. The molecular formula is C13H11NO3. The average Bonchev–Trinajstić information content (AvgIpc) is 2.68. The standard InChI is InChI=1S/C13H11NO3/c1-7-3-13(14-15)17-12-5-11-10(4-9(7)12)8(2)6-16-11/h3-6,15H,1-2H3/b14-13+. The van der Waals surface area contributed by atoms with Gasteiger partial charge in [-0.2, -0.15) is 0 Å². The van der Waals surface area contributed by atoms with Crippen molar-refractivity contribution in [1.29, 1.82) is 0 Å². The van der Waals surface area contributed by atoms with Gasteiger partial charge in [-0.3, -0.25) is 0 Å². The Morgan fingerprint density at radius 1 is 1.00 bits per heavy atom. The van der Waals surface area contributed by atoms with Crippen molar-refractivity contribution >= 4 is 21.9 Å². The molecule has 1 aromatic carbocycles. The fourth-order valence-corrected chi connectivity index (χ4v) is 2.03. The molecule has 86 valence electrons. The van der Waals surface area contributed by atoms with E-state index in [1.54, 1.807) is 12.3 Å². The highest BCUT2D eigenvalue weighted by molar-refractivity contribution is 5.95. The van der Waals surface area contributed by atoms with Gasteiger partial charge in [0, 0.05) is 22.9 Å². The van der Waals surface area contributed by atoms with Crippen LogP contribution >= 0.6 is 0 Å². The predicted octanol–water partition coefficient (Wildman–Crippen LogP) is 3.09. The first-order chi connectivity index (χ1) is 8.19. The van der Waals surface area contributed by atoms with Gasteiger partial charge in [0.1, 0.15) is 11.2 Å². The molecule has 0 unspecified atom stereocenters. The highest BCUT2D eigenvalue weighted by Crippen LogP contribution is 2.27. The van der Waals surface area contributed by atoms with E-state index in [4.69, 9.17) is 14.0 Å². The SMILES string of the molecule is Cc1coc2cc3o/c(=N/O)cc(C)c3cc12. The molecule has 2 heterocycles. The Hall–Kier alpha value is -2.23. The normalized spacial score (nSPS) is 12.7. The number of hydrogen-bond acceptors (Lipinski definition) is 4. The van der Waals surface area contributed by atoms with Crippen LogP contribution in [0.2, 0.25) is 0 Å². The van der Waals surface area contributed by atoms with Crippen molar-refractivity contribution in [3.63, 3.8) is 0 Å². The number of hydrogen-bond donors (Lipinski definition) is 1. The lowest BCUT2D eigenvalue weighted by molar-refractivity contribution is 0.277. The zero-order valence-electron chi connectivity index (χ0n) is 9.52. The van der Waals surface area contributed by atoms with Crippen molar-refractivity contribution in [1.82, 2.24) is 0 Å². The highest BCUT2D eigenvalue weighted by atomic mass is 16.5. The Balaban J connectivity index is 2.53. The van der Waals surface area contributed by atoms with E-state index in [0.717, 1.165) is 27.5 Å². The summed E-state index contributed by atoms with van der Waals surface area (Å²) in [5, 5.41) is 13.9. The Labute approximate surface area is 96.8 Å². The summed E-state index contributed by atoms with van der Waals surface area (Å²) >= 11 is 0. The van der Waals surface area contributed by atoms with Gasteiger partial charge in [-0.05, 0) is 36.2 Å². The maximum absolute atomic E-state index is 8.75. The number of rotatable bonds is 0. The summed E-state index contributed by atoms with van der Waals surface area (Å²) in [5.74, 6) is 0.